The van der Waals surface area contributed by atoms with Crippen molar-refractivity contribution in [2.45, 2.75) is 12.2 Å². The zero-order chi connectivity index (χ0) is 17.7. The molecule has 26 heavy (non-hydrogen) atoms. The van der Waals surface area contributed by atoms with Gasteiger partial charge in [0, 0.05) is 11.8 Å². The summed E-state index contributed by atoms with van der Waals surface area (Å²) in [7, 11) is 1.54. The first-order valence-corrected chi connectivity index (χ1v) is 8.74. The van der Waals surface area contributed by atoms with Crippen LogP contribution in [0.15, 0.2) is 36.4 Å². The average molecular weight is 356 g/mol. The summed E-state index contributed by atoms with van der Waals surface area (Å²) in [4.78, 5) is 0. The standard InChI is InChI=1S/C20H20O6/c1-22-16-4-2-11(6-15(16)21)19-13-8-24-20(14(13)9-23-19)12-3-5-17-18(7-12)26-10-25-17/h2-7,13-14,19-21H,8-10H2,1H3/t13-,14-,19+,20-/m1/s1. The summed E-state index contributed by atoms with van der Waals surface area (Å²) < 4.78 is 28.2. The summed E-state index contributed by atoms with van der Waals surface area (Å²) >= 11 is 0. The van der Waals surface area contributed by atoms with E-state index in [9.17, 15) is 5.11 Å². The fourth-order valence-corrected chi connectivity index (χ4v) is 4.21. The molecule has 0 spiro atoms. The van der Waals surface area contributed by atoms with Gasteiger partial charge in [-0.1, -0.05) is 12.1 Å². The van der Waals surface area contributed by atoms with E-state index in [0.717, 1.165) is 22.6 Å². The summed E-state index contributed by atoms with van der Waals surface area (Å²) in [5.41, 5.74) is 2.04. The Bertz CT molecular complexity index is 835. The van der Waals surface area contributed by atoms with E-state index in [1.165, 1.54) is 7.11 Å². The Balaban J connectivity index is 1.39. The summed E-state index contributed by atoms with van der Waals surface area (Å²) in [5, 5.41) is 10.1. The second kappa shape index (κ2) is 6.07. The van der Waals surface area contributed by atoms with Crippen LogP contribution in [0.25, 0.3) is 0 Å². The van der Waals surface area contributed by atoms with E-state index >= 15 is 0 Å². The van der Waals surface area contributed by atoms with Crippen molar-refractivity contribution in [3.63, 3.8) is 0 Å². The van der Waals surface area contributed by atoms with E-state index in [4.69, 9.17) is 23.7 Å². The Morgan fingerprint density at radius 3 is 2.23 bits per heavy atom. The Hall–Kier alpha value is -2.44. The highest BCUT2D eigenvalue weighted by molar-refractivity contribution is 5.46. The minimum atomic E-state index is -0.0872. The lowest BCUT2D eigenvalue weighted by Gasteiger charge is -2.17. The molecule has 136 valence electrons. The molecule has 0 aliphatic carbocycles. The first kappa shape index (κ1) is 15.8. The Kier molecular flexibility index (Phi) is 3.69. The number of aromatic hydroxyl groups is 1. The fraction of sp³-hybridized carbons (Fsp3) is 0.400. The first-order valence-electron chi connectivity index (χ1n) is 8.74. The van der Waals surface area contributed by atoms with Gasteiger partial charge in [-0.3, -0.25) is 0 Å². The van der Waals surface area contributed by atoms with Gasteiger partial charge in [-0.2, -0.15) is 0 Å². The predicted molar refractivity (Wildman–Crippen MR) is 91.6 cm³/mol. The highest BCUT2D eigenvalue weighted by atomic mass is 16.7. The van der Waals surface area contributed by atoms with Crippen LogP contribution in [-0.4, -0.2) is 32.2 Å². The van der Waals surface area contributed by atoms with E-state index in [1.807, 2.05) is 24.3 Å². The van der Waals surface area contributed by atoms with Gasteiger partial charge < -0.3 is 28.8 Å². The van der Waals surface area contributed by atoms with Gasteiger partial charge in [-0.15, -0.1) is 0 Å². The summed E-state index contributed by atoms with van der Waals surface area (Å²) in [6.07, 6.45) is -0.109. The monoisotopic (exact) mass is 356 g/mol. The molecular formula is C20H20O6. The summed E-state index contributed by atoms with van der Waals surface area (Å²) in [6.45, 7) is 1.52. The molecule has 0 unspecified atom stereocenters. The molecule has 6 heteroatoms. The van der Waals surface area contributed by atoms with Crippen LogP contribution in [0.3, 0.4) is 0 Å². The van der Waals surface area contributed by atoms with Crippen molar-refractivity contribution in [3.05, 3.63) is 47.5 Å². The van der Waals surface area contributed by atoms with Gasteiger partial charge in [0.1, 0.15) is 0 Å². The molecule has 3 heterocycles. The number of hydrogen-bond donors (Lipinski definition) is 1. The van der Waals surface area contributed by atoms with Crippen molar-refractivity contribution < 1.29 is 28.8 Å². The van der Waals surface area contributed by atoms with Crippen molar-refractivity contribution >= 4 is 0 Å². The summed E-state index contributed by atoms with van der Waals surface area (Å²) in [5.74, 6) is 2.65. The minimum absolute atomic E-state index is 0.0219. The third-order valence-corrected chi connectivity index (χ3v) is 5.52. The number of hydrogen-bond acceptors (Lipinski definition) is 6. The van der Waals surface area contributed by atoms with E-state index in [0.29, 0.717) is 19.0 Å². The molecule has 0 saturated carbocycles. The van der Waals surface area contributed by atoms with E-state index in [2.05, 4.69) is 0 Å². The smallest absolute Gasteiger partial charge is 0.231 e. The average Bonchev–Trinajstić information content (AvgIpc) is 3.36. The van der Waals surface area contributed by atoms with Gasteiger partial charge in [-0.05, 0) is 35.4 Å². The largest absolute Gasteiger partial charge is 0.504 e. The SMILES string of the molecule is COc1ccc([C@@H]2OC[C@@H]3[C@H]2CO[C@@H]3c2ccc3c(c2)OCO3)cc1O. The molecule has 6 nitrogen and oxygen atoms in total. The molecule has 0 radical (unpaired) electrons. The quantitative estimate of drug-likeness (QED) is 0.911. The zero-order valence-corrected chi connectivity index (χ0v) is 14.4. The molecule has 3 aliphatic heterocycles. The molecule has 2 aromatic carbocycles. The van der Waals surface area contributed by atoms with Gasteiger partial charge >= 0.3 is 0 Å². The van der Waals surface area contributed by atoms with Crippen molar-refractivity contribution in [3.8, 4) is 23.0 Å². The topological polar surface area (TPSA) is 66.4 Å². The lowest BCUT2D eigenvalue weighted by Crippen LogP contribution is -2.14. The molecule has 2 fully saturated rings. The van der Waals surface area contributed by atoms with Crippen LogP contribution in [0, 0.1) is 11.8 Å². The minimum Gasteiger partial charge on any atom is -0.504 e. The number of benzene rings is 2. The number of phenolic OH excluding ortho intramolecular Hbond substituents is 1. The number of methoxy groups -OCH3 is 1. The highest BCUT2D eigenvalue weighted by Crippen LogP contribution is 2.51. The first-order chi connectivity index (χ1) is 12.7. The maximum atomic E-state index is 10.1. The van der Waals surface area contributed by atoms with E-state index in [1.54, 1.807) is 12.1 Å². The van der Waals surface area contributed by atoms with Crippen LogP contribution in [0.1, 0.15) is 23.3 Å². The lowest BCUT2D eigenvalue weighted by atomic mass is 9.85. The normalized spacial score (nSPS) is 29.0. The van der Waals surface area contributed by atoms with Gasteiger partial charge in [0.05, 0.1) is 32.5 Å². The molecule has 4 atom stereocenters. The third-order valence-electron chi connectivity index (χ3n) is 5.52. The maximum absolute atomic E-state index is 10.1. The van der Waals surface area contributed by atoms with Crippen molar-refractivity contribution in [1.82, 2.24) is 0 Å². The highest BCUT2D eigenvalue weighted by Gasteiger charge is 2.48. The molecule has 5 rings (SSSR count). The van der Waals surface area contributed by atoms with Crippen LogP contribution in [0.4, 0.5) is 0 Å². The van der Waals surface area contributed by atoms with Crippen LogP contribution < -0.4 is 14.2 Å². The predicted octanol–water partition coefficient (Wildman–Crippen LogP) is 3.20. The Morgan fingerprint density at radius 1 is 0.885 bits per heavy atom. The second-order valence-corrected chi connectivity index (χ2v) is 6.88. The van der Waals surface area contributed by atoms with Crippen LogP contribution >= 0.6 is 0 Å². The zero-order valence-electron chi connectivity index (χ0n) is 14.4. The van der Waals surface area contributed by atoms with Crippen molar-refractivity contribution in [1.29, 1.82) is 0 Å². The number of ether oxygens (including phenoxy) is 5. The van der Waals surface area contributed by atoms with Crippen LogP contribution in [-0.2, 0) is 9.47 Å². The van der Waals surface area contributed by atoms with Gasteiger partial charge in [0.15, 0.2) is 23.0 Å². The summed E-state index contributed by atoms with van der Waals surface area (Å²) in [6, 6.07) is 11.4. The number of phenols is 1. The number of fused-ring (bicyclic) bond motifs is 2. The molecule has 0 bridgehead atoms. The van der Waals surface area contributed by atoms with Crippen LogP contribution in [0.5, 0.6) is 23.0 Å². The number of rotatable bonds is 3. The Labute approximate surface area is 151 Å². The van der Waals surface area contributed by atoms with E-state index in [-0.39, 0.29) is 36.6 Å². The van der Waals surface area contributed by atoms with Gasteiger partial charge in [0.2, 0.25) is 6.79 Å². The molecule has 0 amide bonds. The lowest BCUT2D eigenvalue weighted by molar-refractivity contribution is 0.0191. The molecule has 2 saturated heterocycles. The molecular weight excluding hydrogens is 336 g/mol. The van der Waals surface area contributed by atoms with Gasteiger partial charge in [-0.25, -0.2) is 0 Å². The van der Waals surface area contributed by atoms with Crippen molar-refractivity contribution in [2.75, 3.05) is 27.1 Å². The van der Waals surface area contributed by atoms with E-state index < -0.39 is 0 Å². The Morgan fingerprint density at radius 2 is 1.54 bits per heavy atom. The molecule has 0 aromatic heterocycles. The van der Waals surface area contributed by atoms with Crippen molar-refractivity contribution in [2.24, 2.45) is 11.8 Å². The second-order valence-electron chi connectivity index (χ2n) is 6.88. The fourth-order valence-electron chi connectivity index (χ4n) is 4.21. The molecule has 2 aromatic rings. The maximum Gasteiger partial charge on any atom is 0.231 e. The molecule has 1 N–H and O–H groups in total. The van der Waals surface area contributed by atoms with Crippen LogP contribution in [0.2, 0.25) is 0 Å². The third kappa shape index (κ3) is 2.40. The van der Waals surface area contributed by atoms with Gasteiger partial charge in [0.25, 0.3) is 0 Å². The molecule has 3 aliphatic rings.